The zero-order valence-electron chi connectivity index (χ0n) is 15.1. The summed E-state index contributed by atoms with van der Waals surface area (Å²) >= 11 is 0. The van der Waals surface area contributed by atoms with E-state index < -0.39 is 11.2 Å². The zero-order valence-corrected chi connectivity index (χ0v) is 15.1. The van der Waals surface area contributed by atoms with Gasteiger partial charge in [-0.2, -0.15) is 5.26 Å². The molecule has 0 unspecified atom stereocenters. The van der Waals surface area contributed by atoms with E-state index in [0.29, 0.717) is 23.3 Å². The van der Waals surface area contributed by atoms with E-state index in [-0.39, 0.29) is 17.6 Å². The summed E-state index contributed by atoms with van der Waals surface area (Å²) in [6.07, 6.45) is 4.02. The Morgan fingerprint density at radius 3 is 2.70 bits per heavy atom. The molecule has 0 saturated heterocycles. The molecular formula is C22H20FNO3. The highest BCUT2D eigenvalue weighted by Crippen LogP contribution is 2.48. The van der Waals surface area contributed by atoms with Gasteiger partial charge in [-0.25, -0.2) is 4.39 Å². The predicted octanol–water partition coefficient (Wildman–Crippen LogP) is 4.80. The summed E-state index contributed by atoms with van der Waals surface area (Å²) < 4.78 is 25.6. The number of methoxy groups -OCH3 is 1. The van der Waals surface area contributed by atoms with E-state index in [4.69, 9.17) is 14.7 Å². The molecule has 2 aromatic rings. The maximum atomic E-state index is 14.6. The molecule has 0 atom stereocenters. The number of halogens is 1. The van der Waals surface area contributed by atoms with Crippen LogP contribution >= 0.6 is 0 Å². The van der Waals surface area contributed by atoms with Crippen LogP contribution in [0.2, 0.25) is 0 Å². The molecule has 0 aromatic heterocycles. The quantitative estimate of drug-likeness (QED) is 0.784. The fourth-order valence-corrected chi connectivity index (χ4v) is 4.30. The SMILES string of the molecule is COC1CCC2(CC1)Cc1cc(F)c(Oc3cccc(C#N)c3)cc1C2=O. The van der Waals surface area contributed by atoms with Gasteiger partial charge in [0.25, 0.3) is 0 Å². The van der Waals surface area contributed by atoms with E-state index in [1.807, 2.05) is 6.07 Å². The molecule has 2 aliphatic carbocycles. The smallest absolute Gasteiger partial charge is 0.169 e. The van der Waals surface area contributed by atoms with Crippen LogP contribution in [0, 0.1) is 22.6 Å². The molecule has 0 bridgehead atoms. The Kier molecular flexibility index (Phi) is 4.45. The maximum absolute atomic E-state index is 14.6. The molecule has 0 amide bonds. The number of fused-ring (bicyclic) bond motifs is 1. The highest BCUT2D eigenvalue weighted by molar-refractivity contribution is 6.05. The lowest BCUT2D eigenvalue weighted by Gasteiger charge is -2.35. The third-order valence-electron chi connectivity index (χ3n) is 5.83. The highest BCUT2D eigenvalue weighted by Gasteiger charge is 2.47. The fraction of sp³-hybridized carbons (Fsp3) is 0.364. The minimum atomic E-state index is -0.494. The van der Waals surface area contributed by atoms with Gasteiger partial charge < -0.3 is 9.47 Å². The van der Waals surface area contributed by atoms with Crippen molar-refractivity contribution in [1.29, 1.82) is 5.26 Å². The van der Waals surface area contributed by atoms with Crippen LogP contribution in [-0.2, 0) is 11.2 Å². The third kappa shape index (κ3) is 3.11. The van der Waals surface area contributed by atoms with Gasteiger partial charge in [0.05, 0.1) is 17.7 Å². The lowest BCUT2D eigenvalue weighted by molar-refractivity contribution is 0.0285. The third-order valence-corrected chi connectivity index (χ3v) is 5.83. The number of ketones is 1. The van der Waals surface area contributed by atoms with Crippen LogP contribution in [0.4, 0.5) is 4.39 Å². The van der Waals surface area contributed by atoms with Crippen molar-refractivity contribution < 1.29 is 18.7 Å². The van der Waals surface area contributed by atoms with Crippen molar-refractivity contribution in [2.45, 2.75) is 38.2 Å². The van der Waals surface area contributed by atoms with Crippen molar-refractivity contribution in [3.63, 3.8) is 0 Å². The van der Waals surface area contributed by atoms with Gasteiger partial charge in [-0.3, -0.25) is 4.79 Å². The van der Waals surface area contributed by atoms with Crippen molar-refractivity contribution in [2.75, 3.05) is 7.11 Å². The summed E-state index contributed by atoms with van der Waals surface area (Å²) in [6, 6.07) is 11.5. The Balaban J connectivity index is 1.61. The van der Waals surface area contributed by atoms with E-state index >= 15 is 0 Å². The normalized spacial score (nSPS) is 23.9. The average molecular weight is 365 g/mol. The summed E-state index contributed by atoms with van der Waals surface area (Å²) in [6.45, 7) is 0. The monoisotopic (exact) mass is 365 g/mol. The van der Waals surface area contributed by atoms with Crippen LogP contribution in [0.15, 0.2) is 36.4 Å². The molecule has 0 N–H and O–H groups in total. The summed E-state index contributed by atoms with van der Waals surface area (Å²) in [5.74, 6) is -0.0253. The van der Waals surface area contributed by atoms with Crippen LogP contribution < -0.4 is 4.74 Å². The minimum Gasteiger partial charge on any atom is -0.454 e. The summed E-state index contributed by atoms with van der Waals surface area (Å²) in [7, 11) is 1.70. The first-order valence-electron chi connectivity index (χ1n) is 9.13. The summed E-state index contributed by atoms with van der Waals surface area (Å²) in [5.41, 5.74) is 1.31. The molecular weight excluding hydrogens is 345 g/mol. The summed E-state index contributed by atoms with van der Waals surface area (Å²) in [4.78, 5) is 13.1. The Bertz CT molecular complexity index is 939. The number of carbonyl (C=O) groups excluding carboxylic acids is 1. The molecule has 0 heterocycles. The molecule has 4 nitrogen and oxygen atoms in total. The van der Waals surface area contributed by atoms with Crippen LogP contribution in [0.3, 0.4) is 0 Å². The Morgan fingerprint density at radius 1 is 1.22 bits per heavy atom. The van der Waals surface area contributed by atoms with Gasteiger partial charge in [0.2, 0.25) is 0 Å². The second kappa shape index (κ2) is 6.79. The maximum Gasteiger partial charge on any atom is 0.169 e. The predicted molar refractivity (Wildman–Crippen MR) is 97.4 cm³/mol. The number of ether oxygens (including phenoxy) is 2. The number of hydrogen-bond acceptors (Lipinski definition) is 4. The second-order valence-corrected chi connectivity index (χ2v) is 7.40. The summed E-state index contributed by atoms with van der Waals surface area (Å²) in [5, 5.41) is 8.99. The van der Waals surface area contributed by atoms with Crippen molar-refractivity contribution in [1.82, 2.24) is 0 Å². The first-order chi connectivity index (χ1) is 13.0. The standard InChI is InChI=1S/C22H20FNO3/c1-26-16-5-7-22(8-6-16)12-15-10-19(23)20(11-18(15)21(22)25)27-17-4-2-3-14(9-17)13-24/h2-4,9-11,16H,5-8,12H2,1H3. The Hall–Kier alpha value is -2.71. The van der Waals surface area contributed by atoms with Gasteiger partial charge in [-0.15, -0.1) is 0 Å². The number of nitriles is 1. The van der Waals surface area contributed by atoms with E-state index in [1.165, 1.54) is 12.1 Å². The first-order valence-corrected chi connectivity index (χ1v) is 9.13. The molecule has 0 aliphatic heterocycles. The van der Waals surface area contributed by atoms with E-state index in [2.05, 4.69) is 0 Å². The molecule has 1 fully saturated rings. The van der Waals surface area contributed by atoms with Crippen LogP contribution in [0.25, 0.3) is 0 Å². The Morgan fingerprint density at radius 2 is 2.00 bits per heavy atom. The number of hydrogen-bond donors (Lipinski definition) is 0. The van der Waals surface area contributed by atoms with Crippen LogP contribution in [0.1, 0.15) is 47.2 Å². The van der Waals surface area contributed by atoms with Gasteiger partial charge in [0.1, 0.15) is 5.75 Å². The molecule has 4 rings (SSSR count). The van der Waals surface area contributed by atoms with Gasteiger partial charge in [0, 0.05) is 18.1 Å². The molecule has 1 spiro atoms. The van der Waals surface area contributed by atoms with Gasteiger partial charge in [-0.1, -0.05) is 6.07 Å². The molecule has 0 radical (unpaired) electrons. The first kappa shape index (κ1) is 17.7. The van der Waals surface area contributed by atoms with E-state index in [0.717, 1.165) is 31.2 Å². The van der Waals surface area contributed by atoms with E-state index in [1.54, 1.807) is 31.4 Å². The minimum absolute atomic E-state index is 0.0137. The number of benzene rings is 2. The van der Waals surface area contributed by atoms with Crippen molar-refractivity contribution in [3.8, 4) is 17.6 Å². The van der Waals surface area contributed by atoms with Crippen molar-refractivity contribution in [2.24, 2.45) is 5.41 Å². The highest BCUT2D eigenvalue weighted by atomic mass is 19.1. The van der Waals surface area contributed by atoms with Crippen molar-refractivity contribution in [3.05, 3.63) is 58.9 Å². The molecule has 2 aromatic carbocycles. The van der Waals surface area contributed by atoms with Gasteiger partial charge in [-0.05, 0) is 68.0 Å². The molecule has 27 heavy (non-hydrogen) atoms. The largest absolute Gasteiger partial charge is 0.454 e. The number of carbonyl (C=O) groups is 1. The van der Waals surface area contributed by atoms with Gasteiger partial charge >= 0.3 is 0 Å². The lowest BCUT2D eigenvalue weighted by atomic mass is 9.70. The number of nitrogens with zero attached hydrogens (tertiary/aromatic N) is 1. The molecule has 1 saturated carbocycles. The fourth-order valence-electron chi connectivity index (χ4n) is 4.30. The average Bonchev–Trinajstić information content (AvgIpc) is 2.94. The molecule has 138 valence electrons. The lowest BCUT2D eigenvalue weighted by Crippen LogP contribution is -2.35. The van der Waals surface area contributed by atoms with Crippen molar-refractivity contribution >= 4 is 5.78 Å². The Labute approximate surface area is 157 Å². The molecule has 5 heteroatoms. The number of rotatable bonds is 3. The second-order valence-electron chi connectivity index (χ2n) is 7.40. The number of Topliss-reactive ketones (excluding diaryl/α,β-unsaturated/α-hetero) is 1. The molecule has 2 aliphatic rings. The van der Waals surface area contributed by atoms with Gasteiger partial charge in [0.15, 0.2) is 17.3 Å². The van der Waals surface area contributed by atoms with Crippen LogP contribution in [0.5, 0.6) is 11.5 Å². The van der Waals surface area contributed by atoms with E-state index in [9.17, 15) is 9.18 Å². The zero-order chi connectivity index (χ0) is 19.0. The van der Waals surface area contributed by atoms with Crippen LogP contribution in [-0.4, -0.2) is 19.0 Å². The topological polar surface area (TPSA) is 59.3 Å².